The lowest BCUT2D eigenvalue weighted by molar-refractivity contribution is 1.11. The second-order valence-electron chi connectivity index (χ2n) is 3.55. The number of hydrogen-bond donors (Lipinski definition) is 0. The Balaban J connectivity index is 2.28. The molecular formula is C12H7BrClN3. The van der Waals surface area contributed by atoms with Crippen LogP contribution in [0.15, 0.2) is 47.5 Å². The van der Waals surface area contributed by atoms with Crippen molar-refractivity contribution in [2.75, 3.05) is 0 Å². The highest BCUT2D eigenvalue weighted by Crippen LogP contribution is 2.27. The van der Waals surface area contributed by atoms with Gasteiger partial charge in [0.25, 0.3) is 0 Å². The molecule has 0 bridgehead atoms. The lowest BCUT2D eigenvalue weighted by Gasteiger charge is -2.05. The van der Waals surface area contributed by atoms with Gasteiger partial charge in [-0.2, -0.15) is 0 Å². The molecule has 3 aromatic rings. The second-order valence-corrected chi connectivity index (χ2v) is 4.71. The van der Waals surface area contributed by atoms with Crippen molar-refractivity contribution < 1.29 is 0 Å². The molecule has 0 aliphatic rings. The molecule has 3 nitrogen and oxygen atoms in total. The number of imidazole rings is 1. The van der Waals surface area contributed by atoms with Crippen LogP contribution in [0, 0.1) is 0 Å². The van der Waals surface area contributed by atoms with Crippen LogP contribution in [0.1, 0.15) is 0 Å². The Bertz CT molecular complexity index is 693. The summed E-state index contributed by atoms with van der Waals surface area (Å²) in [7, 11) is 0. The Hall–Kier alpha value is -1.39. The largest absolute Gasteiger partial charge is 0.303 e. The molecule has 0 aliphatic heterocycles. The van der Waals surface area contributed by atoms with E-state index < -0.39 is 0 Å². The summed E-state index contributed by atoms with van der Waals surface area (Å²) in [5.41, 5.74) is 2.51. The summed E-state index contributed by atoms with van der Waals surface area (Å²) in [5, 5.41) is 0.686. The SMILES string of the molecule is Clc1ccccc1-c1cn2ccnc2c(Br)n1. The second kappa shape index (κ2) is 4.13. The van der Waals surface area contributed by atoms with Gasteiger partial charge in [0.05, 0.1) is 10.7 Å². The molecule has 0 aliphatic carbocycles. The maximum absolute atomic E-state index is 6.16. The van der Waals surface area contributed by atoms with E-state index in [9.17, 15) is 0 Å². The van der Waals surface area contributed by atoms with Crippen LogP contribution in [0.3, 0.4) is 0 Å². The molecule has 0 saturated heterocycles. The maximum Gasteiger partial charge on any atom is 0.170 e. The van der Waals surface area contributed by atoms with E-state index in [1.807, 2.05) is 41.1 Å². The fourth-order valence-corrected chi connectivity index (χ4v) is 2.42. The minimum absolute atomic E-state index is 0.686. The lowest BCUT2D eigenvalue weighted by atomic mass is 10.2. The first-order chi connectivity index (χ1) is 8.25. The fourth-order valence-electron chi connectivity index (χ4n) is 1.69. The zero-order valence-electron chi connectivity index (χ0n) is 8.64. The van der Waals surface area contributed by atoms with E-state index in [1.165, 1.54) is 0 Å². The Kier molecular flexibility index (Phi) is 2.61. The van der Waals surface area contributed by atoms with E-state index in [0.29, 0.717) is 9.63 Å². The molecule has 3 rings (SSSR count). The number of rotatable bonds is 1. The highest BCUT2D eigenvalue weighted by atomic mass is 79.9. The lowest BCUT2D eigenvalue weighted by Crippen LogP contribution is -1.92. The first kappa shape index (κ1) is 10.7. The van der Waals surface area contributed by atoms with Gasteiger partial charge in [0, 0.05) is 24.2 Å². The summed E-state index contributed by atoms with van der Waals surface area (Å²) in [6.07, 6.45) is 5.52. The zero-order valence-corrected chi connectivity index (χ0v) is 11.0. The van der Waals surface area contributed by atoms with Gasteiger partial charge in [-0.3, -0.25) is 0 Å². The van der Waals surface area contributed by atoms with Gasteiger partial charge in [-0.05, 0) is 22.0 Å². The minimum Gasteiger partial charge on any atom is -0.303 e. The number of nitrogens with zero attached hydrogens (tertiary/aromatic N) is 3. The first-order valence-electron chi connectivity index (χ1n) is 5.00. The van der Waals surface area contributed by atoms with Crippen molar-refractivity contribution in [3.63, 3.8) is 0 Å². The van der Waals surface area contributed by atoms with Crippen LogP contribution in [0.2, 0.25) is 5.02 Å². The molecule has 0 amide bonds. The summed E-state index contributed by atoms with van der Waals surface area (Å²) in [5.74, 6) is 0. The standard InChI is InChI=1S/C12H7BrClN3/c13-11-12-15-5-6-17(12)7-10(16-11)8-3-1-2-4-9(8)14/h1-7H. The Morgan fingerprint density at radius 1 is 1.24 bits per heavy atom. The predicted octanol–water partition coefficient (Wildman–Crippen LogP) is 3.81. The number of hydrogen-bond acceptors (Lipinski definition) is 2. The number of halogens is 2. The number of benzene rings is 1. The molecule has 0 atom stereocenters. The molecule has 84 valence electrons. The average Bonchev–Trinajstić information content (AvgIpc) is 2.78. The molecular weight excluding hydrogens is 302 g/mol. The quantitative estimate of drug-likeness (QED) is 0.684. The van der Waals surface area contributed by atoms with Crippen LogP contribution in [-0.4, -0.2) is 14.4 Å². The molecule has 0 N–H and O–H groups in total. The van der Waals surface area contributed by atoms with E-state index in [0.717, 1.165) is 16.9 Å². The molecule has 2 aromatic heterocycles. The van der Waals surface area contributed by atoms with Crippen LogP contribution in [-0.2, 0) is 0 Å². The third-order valence-electron chi connectivity index (χ3n) is 2.48. The fraction of sp³-hybridized carbons (Fsp3) is 0. The van der Waals surface area contributed by atoms with E-state index in [2.05, 4.69) is 25.9 Å². The third-order valence-corrected chi connectivity index (χ3v) is 3.34. The molecule has 0 spiro atoms. The van der Waals surface area contributed by atoms with Gasteiger partial charge in [-0.25, -0.2) is 9.97 Å². The van der Waals surface area contributed by atoms with Gasteiger partial charge in [-0.15, -0.1) is 0 Å². The summed E-state index contributed by atoms with van der Waals surface area (Å²) in [4.78, 5) is 8.65. The predicted molar refractivity (Wildman–Crippen MR) is 71.1 cm³/mol. The zero-order chi connectivity index (χ0) is 11.8. The summed E-state index contributed by atoms with van der Waals surface area (Å²) in [6, 6.07) is 7.63. The van der Waals surface area contributed by atoms with E-state index in [1.54, 1.807) is 6.20 Å². The molecule has 0 radical (unpaired) electrons. The number of aromatic nitrogens is 3. The Labute approximate surface area is 111 Å². The summed E-state index contributed by atoms with van der Waals surface area (Å²) in [6.45, 7) is 0. The smallest absolute Gasteiger partial charge is 0.170 e. The van der Waals surface area contributed by atoms with Crippen molar-refractivity contribution in [2.24, 2.45) is 0 Å². The summed E-state index contributed by atoms with van der Waals surface area (Å²) >= 11 is 9.57. The molecule has 17 heavy (non-hydrogen) atoms. The van der Waals surface area contributed by atoms with Crippen LogP contribution in [0.4, 0.5) is 0 Å². The van der Waals surface area contributed by atoms with Crippen molar-refractivity contribution in [3.05, 3.63) is 52.5 Å². The Morgan fingerprint density at radius 2 is 2.06 bits per heavy atom. The molecule has 1 aromatic carbocycles. The molecule has 5 heteroatoms. The van der Waals surface area contributed by atoms with E-state index >= 15 is 0 Å². The van der Waals surface area contributed by atoms with Crippen molar-refractivity contribution in [1.29, 1.82) is 0 Å². The van der Waals surface area contributed by atoms with Gasteiger partial charge in [0.1, 0.15) is 4.60 Å². The van der Waals surface area contributed by atoms with Gasteiger partial charge in [0.15, 0.2) is 5.65 Å². The summed E-state index contributed by atoms with van der Waals surface area (Å²) < 4.78 is 2.62. The van der Waals surface area contributed by atoms with Crippen LogP contribution < -0.4 is 0 Å². The Morgan fingerprint density at radius 3 is 2.88 bits per heavy atom. The monoisotopic (exact) mass is 307 g/mol. The van der Waals surface area contributed by atoms with Gasteiger partial charge in [0.2, 0.25) is 0 Å². The molecule has 0 saturated carbocycles. The average molecular weight is 309 g/mol. The van der Waals surface area contributed by atoms with Crippen molar-refractivity contribution >= 4 is 33.2 Å². The molecule has 0 unspecified atom stereocenters. The van der Waals surface area contributed by atoms with Crippen molar-refractivity contribution in [1.82, 2.24) is 14.4 Å². The highest BCUT2D eigenvalue weighted by molar-refractivity contribution is 9.10. The molecule has 0 fully saturated rings. The topological polar surface area (TPSA) is 30.2 Å². The van der Waals surface area contributed by atoms with Crippen molar-refractivity contribution in [3.8, 4) is 11.3 Å². The van der Waals surface area contributed by atoms with E-state index in [-0.39, 0.29) is 0 Å². The van der Waals surface area contributed by atoms with Gasteiger partial charge >= 0.3 is 0 Å². The van der Waals surface area contributed by atoms with Gasteiger partial charge in [-0.1, -0.05) is 29.8 Å². The van der Waals surface area contributed by atoms with Crippen LogP contribution in [0.5, 0.6) is 0 Å². The maximum atomic E-state index is 6.16. The normalized spacial score (nSPS) is 10.9. The minimum atomic E-state index is 0.686. The van der Waals surface area contributed by atoms with Gasteiger partial charge < -0.3 is 4.40 Å². The van der Waals surface area contributed by atoms with E-state index in [4.69, 9.17) is 11.6 Å². The number of fused-ring (bicyclic) bond motifs is 1. The van der Waals surface area contributed by atoms with Crippen molar-refractivity contribution in [2.45, 2.75) is 0 Å². The first-order valence-corrected chi connectivity index (χ1v) is 6.17. The van der Waals surface area contributed by atoms with Crippen LogP contribution >= 0.6 is 27.5 Å². The van der Waals surface area contributed by atoms with Crippen LogP contribution in [0.25, 0.3) is 16.9 Å². The third kappa shape index (κ3) is 1.83. The molecule has 2 heterocycles. The highest BCUT2D eigenvalue weighted by Gasteiger charge is 2.08.